The van der Waals surface area contributed by atoms with Crippen molar-refractivity contribution in [2.45, 2.75) is 65.1 Å². The van der Waals surface area contributed by atoms with Gasteiger partial charge in [-0.1, -0.05) is 52.7 Å². The van der Waals surface area contributed by atoms with Gasteiger partial charge >= 0.3 is 0 Å². The Morgan fingerprint density at radius 3 is 2.06 bits per heavy atom. The Balaban J connectivity index is 3.92. The highest BCUT2D eigenvalue weighted by Gasteiger charge is 2.28. The topological polar surface area (TPSA) is 9.23 Å². The molecular formula is C14H28OSi. The molecule has 0 aliphatic rings. The molecule has 0 amide bonds. The summed E-state index contributed by atoms with van der Waals surface area (Å²) >= 11 is 0. The zero-order chi connectivity index (χ0) is 12.3. The van der Waals surface area contributed by atoms with Gasteiger partial charge < -0.3 is 4.43 Å². The minimum atomic E-state index is -1.41. The summed E-state index contributed by atoms with van der Waals surface area (Å²) in [5.74, 6) is 0. The van der Waals surface area contributed by atoms with Crippen LogP contribution in [0.3, 0.4) is 0 Å². The summed E-state index contributed by atoms with van der Waals surface area (Å²) in [6, 6.07) is 3.64. The number of unbranched alkanes of at least 4 members (excludes halogenated alkanes) is 2. The third kappa shape index (κ3) is 6.16. The second kappa shape index (κ2) is 9.70. The Labute approximate surface area is 103 Å². The van der Waals surface area contributed by atoms with Crippen molar-refractivity contribution >= 4 is 8.32 Å². The van der Waals surface area contributed by atoms with Crippen LogP contribution >= 0.6 is 0 Å². The van der Waals surface area contributed by atoms with Gasteiger partial charge in [-0.05, 0) is 30.6 Å². The van der Waals surface area contributed by atoms with Gasteiger partial charge in [0.2, 0.25) is 8.32 Å². The van der Waals surface area contributed by atoms with Crippen LogP contribution in [0.4, 0.5) is 0 Å². The van der Waals surface area contributed by atoms with Gasteiger partial charge in [0.1, 0.15) is 0 Å². The van der Waals surface area contributed by atoms with Crippen LogP contribution in [0, 0.1) is 0 Å². The van der Waals surface area contributed by atoms with Crippen LogP contribution in [0.15, 0.2) is 24.5 Å². The fourth-order valence-corrected chi connectivity index (χ4v) is 4.09. The molecule has 0 bridgehead atoms. The monoisotopic (exact) mass is 240 g/mol. The minimum absolute atomic E-state index is 1.18. The molecule has 1 nitrogen and oxygen atoms in total. The number of hydrogen-bond donors (Lipinski definition) is 0. The molecule has 0 fully saturated rings. The number of hydrogen-bond acceptors (Lipinski definition) is 1. The first-order chi connectivity index (χ1) is 7.74. The van der Waals surface area contributed by atoms with Gasteiger partial charge in [-0.15, -0.1) is 0 Å². The van der Waals surface area contributed by atoms with E-state index in [0.29, 0.717) is 0 Å². The summed E-state index contributed by atoms with van der Waals surface area (Å²) in [6.07, 6.45) is 12.0. The molecule has 0 aliphatic carbocycles. The fraction of sp³-hybridized carbons (Fsp3) is 0.714. The number of allylic oxidation sites excluding steroid dienone is 3. The average Bonchev–Trinajstić information content (AvgIpc) is 2.34. The molecule has 0 spiro atoms. The minimum Gasteiger partial charge on any atom is -0.549 e. The Kier molecular flexibility index (Phi) is 9.40. The van der Waals surface area contributed by atoms with E-state index in [1.807, 2.05) is 12.3 Å². The van der Waals surface area contributed by atoms with Crippen molar-refractivity contribution in [3.05, 3.63) is 24.5 Å². The third-order valence-corrected chi connectivity index (χ3v) is 7.80. The van der Waals surface area contributed by atoms with Crippen molar-refractivity contribution in [2.75, 3.05) is 0 Å². The van der Waals surface area contributed by atoms with Crippen molar-refractivity contribution in [3.8, 4) is 0 Å². The van der Waals surface area contributed by atoms with Crippen LogP contribution in [-0.4, -0.2) is 8.32 Å². The van der Waals surface area contributed by atoms with Crippen molar-refractivity contribution in [1.29, 1.82) is 0 Å². The van der Waals surface area contributed by atoms with E-state index in [2.05, 4.69) is 39.8 Å². The largest absolute Gasteiger partial charge is 0.549 e. The first-order valence-electron chi connectivity index (χ1n) is 6.74. The van der Waals surface area contributed by atoms with Crippen LogP contribution in [-0.2, 0) is 4.43 Å². The smallest absolute Gasteiger partial charge is 0.249 e. The van der Waals surface area contributed by atoms with E-state index in [0.717, 1.165) is 0 Å². The Morgan fingerprint density at radius 1 is 0.938 bits per heavy atom. The van der Waals surface area contributed by atoms with Crippen molar-refractivity contribution in [1.82, 2.24) is 0 Å². The summed E-state index contributed by atoms with van der Waals surface area (Å²) < 4.78 is 5.99. The lowest BCUT2D eigenvalue weighted by molar-refractivity contribution is 0.458. The Bertz CT molecular complexity index is 197. The first-order valence-corrected chi connectivity index (χ1v) is 9.27. The molecule has 0 aromatic rings. The van der Waals surface area contributed by atoms with Gasteiger partial charge in [0.15, 0.2) is 0 Å². The van der Waals surface area contributed by atoms with E-state index >= 15 is 0 Å². The van der Waals surface area contributed by atoms with Gasteiger partial charge in [-0.3, -0.25) is 0 Å². The average molecular weight is 240 g/mol. The normalized spacial score (nSPS) is 12.8. The molecule has 0 N–H and O–H groups in total. The molecule has 0 unspecified atom stereocenters. The van der Waals surface area contributed by atoms with Crippen LogP contribution in [0.5, 0.6) is 0 Å². The Morgan fingerprint density at radius 2 is 1.56 bits per heavy atom. The van der Waals surface area contributed by atoms with Crippen molar-refractivity contribution in [3.63, 3.8) is 0 Å². The van der Waals surface area contributed by atoms with E-state index in [4.69, 9.17) is 4.43 Å². The molecule has 16 heavy (non-hydrogen) atoms. The maximum Gasteiger partial charge on any atom is 0.249 e. The molecule has 94 valence electrons. The van der Waals surface area contributed by atoms with Crippen molar-refractivity contribution in [2.24, 2.45) is 0 Å². The quantitative estimate of drug-likeness (QED) is 0.231. The Hall–Kier alpha value is -0.503. The standard InChI is InChI=1S/C14H28OSi/c1-5-9-10-11-12-13-14-15-16(6-2,7-3)8-4/h11-14H,5-10H2,1-4H3/b12-11+,14-13+. The van der Waals surface area contributed by atoms with Crippen LogP contribution in [0.25, 0.3) is 0 Å². The van der Waals surface area contributed by atoms with Crippen LogP contribution < -0.4 is 0 Å². The lowest BCUT2D eigenvalue weighted by atomic mass is 10.2. The van der Waals surface area contributed by atoms with Gasteiger partial charge in [0.25, 0.3) is 0 Å². The van der Waals surface area contributed by atoms with Gasteiger partial charge in [-0.25, -0.2) is 0 Å². The summed E-state index contributed by atoms with van der Waals surface area (Å²) in [5.41, 5.74) is 0. The molecule has 0 rings (SSSR count). The molecule has 0 aliphatic heterocycles. The van der Waals surface area contributed by atoms with Gasteiger partial charge in [0, 0.05) is 0 Å². The highest BCUT2D eigenvalue weighted by molar-refractivity contribution is 6.73. The molecule has 0 aromatic carbocycles. The van der Waals surface area contributed by atoms with Crippen LogP contribution in [0.1, 0.15) is 47.0 Å². The SMILES string of the molecule is CCCC/C=C/C=C/O[Si](CC)(CC)CC. The van der Waals surface area contributed by atoms with Gasteiger partial charge in [0.05, 0.1) is 6.26 Å². The molecular weight excluding hydrogens is 212 g/mol. The maximum absolute atomic E-state index is 5.99. The van der Waals surface area contributed by atoms with E-state index in [1.165, 1.54) is 37.4 Å². The highest BCUT2D eigenvalue weighted by atomic mass is 28.4. The predicted molar refractivity (Wildman–Crippen MR) is 76.1 cm³/mol. The zero-order valence-electron chi connectivity index (χ0n) is 11.5. The maximum atomic E-state index is 5.99. The van der Waals surface area contributed by atoms with E-state index in [9.17, 15) is 0 Å². The fourth-order valence-electron chi connectivity index (χ4n) is 1.73. The van der Waals surface area contributed by atoms with E-state index in [-0.39, 0.29) is 0 Å². The zero-order valence-corrected chi connectivity index (χ0v) is 12.5. The summed E-state index contributed by atoms with van der Waals surface area (Å²) in [4.78, 5) is 0. The molecule has 0 radical (unpaired) electrons. The molecule has 0 aromatic heterocycles. The van der Waals surface area contributed by atoms with Crippen LogP contribution in [0.2, 0.25) is 18.1 Å². The second-order valence-corrected chi connectivity index (χ2v) is 8.98. The molecule has 2 heteroatoms. The van der Waals surface area contributed by atoms with E-state index in [1.54, 1.807) is 0 Å². The molecule has 0 saturated heterocycles. The summed E-state index contributed by atoms with van der Waals surface area (Å²) in [5, 5.41) is 0. The summed E-state index contributed by atoms with van der Waals surface area (Å²) in [6.45, 7) is 8.98. The predicted octanol–water partition coefficient (Wildman–Crippen LogP) is 5.27. The summed E-state index contributed by atoms with van der Waals surface area (Å²) in [7, 11) is -1.41. The van der Waals surface area contributed by atoms with Gasteiger partial charge in [-0.2, -0.15) is 0 Å². The molecule has 0 heterocycles. The number of rotatable bonds is 9. The molecule has 0 saturated carbocycles. The third-order valence-electron chi connectivity index (χ3n) is 3.30. The van der Waals surface area contributed by atoms with Crippen molar-refractivity contribution < 1.29 is 4.43 Å². The lowest BCUT2D eigenvalue weighted by Gasteiger charge is -2.26. The molecule has 0 atom stereocenters. The first kappa shape index (κ1) is 15.5. The lowest BCUT2D eigenvalue weighted by Crippen LogP contribution is -2.33. The highest BCUT2D eigenvalue weighted by Crippen LogP contribution is 2.21. The van der Waals surface area contributed by atoms with E-state index < -0.39 is 8.32 Å². The second-order valence-electron chi connectivity index (χ2n) is 4.26.